The number of amides is 2. The van der Waals surface area contributed by atoms with E-state index in [0.29, 0.717) is 17.1 Å². The normalized spacial score (nSPS) is 15.2. The van der Waals surface area contributed by atoms with Gasteiger partial charge in [0.1, 0.15) is 18.1 Å². The molecule has 0 spiro atoms. The molecule has 0 saturated heterocycles. The number of imidazole rings is 1. The van der Waals surface area contributed by atoms with E-state index in [9.17, 15) is 9.59 Å². The number of para-hydroxylation sites is 2. The molecule has 2 heterocycles. The highest BCUT2D eigenvalue weighted by atomic mass is 16.5. The molecule has 0 aliphatic carbocycles. The van der Waals surface area contributed by atoms with Crippen molar-refractivity contribution in [1.82, 2.24) is 9.55 Å². The van der Waals surface area contributed by atoms with Crippen LogP contribution in [0.3, 0.4) is 0 Å². The number of hydrogen-bond acceptors (Lipinski definition) is 4. The van der Waals surface area contributed by atoms with Gasteiger partial charge in [-0.3, -0.25) is 14.5 Å². The minimum Gasteiger partial charge on any atom is -0.479 e. The molecule has 5 rings (SSSR count). The summed E-state index contributed by atoms with van der Waals surface area (Å²) in [5.41, 5.74) is 4.35. The number of nitrogens with zero attached hydrogens (tertiary/aromatic N) is 3. The number of rotatable bonds is 6. The van der Waals surface area contributed by atoms with Crippen molar-refractivity contribution in [2.24, 2.45) is 7.05 Å². The molecule has 1 aliphatic rings. The van der Waals surface area contributed by atoms with E-state index >= 15 is 0 Å². The number of nitrogens with one attached hydrogen (secondary N) is 1. The largest absolute Gasteiger partial charge is 0.479 e. The van der Waals surface area contributed by atoms with Crippen molar-refractivity contribution in [1.29, 1.82) is 0 Å². The molecule has 2 amide bonds. The standard InChI is InChI=1S/C27H26N4O3/c1-18-27(33)31(23-10-6-7-11-24(23)34-18)17-26(32)28-20-13-14-22-21(16-20)29-25(30(22)2)15-12-19-8-4-3-5-9-19/h3-11,13-14,16,18H,12,15,17H2,1-2H3,(H,28,32)/t18-/m0/s1. The van der Waals surface area contributed by atoms with Crippen LogP contribution in [0, 0.1) is 0 Å². The Bertz CT molecular complexity index is 1360. The summed E-state index contributed by atoms with van der Waals surface area (Å²) in [4.78, 5) is 31.8. The van der Waals surface area contributed by atoms with Gasteiger partial charge >= 0.3 is 0 Å². The van der Waals surface area contributed by atoms with Gasteiger partial charge in [0.15, 0.2) is 6.10 Å². The highest BCUT2D eigenvalue weighted by Gasteiger charge is 2.32. The van der Waals surface area contributed by atoms with Crippen molar-refractivity contribution in [3.05, 3.63) is 84.2 Å². The lowest BCUT2D eigenvalue weighted by Crippen LogP contribution is -2.47. The topological polar surface area (TPSA) is 76.5 Å². The van der Waals surface area contributed by atoms with E-state index in [0.717, 1.165) is 29.7 Å². The Morgan fingerprint density at radius 3 is 2.62 bits per heavy atom. The first kappa shape index (κ1) is 21.7. The lowest BCUT2D eigenvalue weighted by molar-refractivity contribution is -0.127. The maximum absolute atomic E-state index is 12.8. The number of anilines is 2. The van der Waals surface area contributed by atoms with Crippen molar-refractivity contribution in [3.63, 3.8) is 0 Å². The molecular weight excluding hydrogens is 428 g/mol. The molecule has 7 heteroatoms. The molecule has 0 saturated carbocycles. The van der Waals surface area contributed by atoms with Crippen molar-refractivity contribution >= 4 is 34.2 Å². The van der Waals surface area contributed by atoms with Crippen molar-refractivity contribution in [2.45, 2.75) is 25.9 Å². The zero-order valence-corrected chi connectivity index (χ0v) is 19.2. The molecule has 1 N–H and O–H groups in total. The van der Waals surface area contributed by atoms with Gasteiger partial charge in [-0.25, -0.2) is 4.98 Å². The van der Waals surface area contributed by atoms with Crippen LogP contribution in [0.15, 0.2) is 72.8 Å². The van der Waals surface area contributed by atoms with Crippen molar-refractivity contribution in [2.75, 3.05) is 16.8 Å². The summed E-state index contributed by atoms with van der Waals surface area (Å²) in [5, 5.41) is 2.91. The average molecular weight is 455 g/mol. The summed E-state index contributed by atoms with van der Waals surface area (Å²) in [5.74, 6) is 1.07. The van der Waals surface area contributed by atoms with E-state index in [2.05, 4.69) is 22.0 Å². The number of fused-ring (bicyclic) bond motifs is 2. The highest BCUT2D eigenvalue weighted by molar-refractivity contribution is 6.06. The first-order valence-corrected chi connectivity index (χ1v) is 11.4. The lowest BCUT2D eigenvalue weighted by Gasteiger charge is -2.32. The molecular formula is C27H26N4O3. The summed E-state index contributed by atoms with van der Waals surface area (Å²) in [6.45, 7) is 1.60. The predicted octanol–water partition coefficient (Wildman–Crippen LogP) is 4.11. The molecule has 1 aliphatic heterocycles. The van der Waals surface area contributed by atoms with Crippen LogP contribution in [0.25, 0.3) is 11.0 Å². The second-order valence-electron chi connectivity index (χ2n) is 8.48. The fourth-order valence-electron chi connectivity index (χ4n) is 4.32. The Morgan fingerprint density at radius 2 is 1.79 bits per heavy atom. The van der Waals surface area contributed by atoms with Crippen LogP contribution in [0.5, 0.6) is 5.75 Å². The molecule has 1 atom stereocenters. The quantitative estimate of drug-likeness (QED) is 0.476. The second-order valence-corrected chi connectivity index (χ2v) is 8.48. The van der Waals surface area contributed by atoms with E-state index in [1.807, 2.05) is 55.6 Å². The summed E-state index contributed by atoms with van der Waals surface area (Å²) >= 11 is 0. The average Bonchev–Trinajstić information content (AvgIpc) is 3.16. The molecule has 0 fully saturated rings. The lowest BCUT2D eigenvalue weighted by atomic mass is 10.1. The van der Waals surface area contributed by atoms with Crippen molar-refractivity contribution in [3.8, 4) is 5.75 Å². The molecule has 0 unspecified atom stereocenters. The van der Waals surface area contributed by atoms with Crippen LogP contribution in [-0.2, 0) is 29.5 Å². The van der Waals surface area contributed by atoms with Gasteiger partial charge in [-0.05, 0) is 49.2 Å². The van der Waals surface area contributed by atoms with Gasteiger partial charge < -0.3 is 14.6 Å². The zero-order chi connectivity index (χ0) is 23.7. The van der Waals surface area contributed by atoms with E-state index in [1.54, 1.807) is 19.1 Å². The van der Waals surface area contributed by atoms with Gasteiger partial charge in [-0.1, -0.05) is 42.5 Å². The summed E-state index contributed by atoms with van der Waals surface area (Å²) in [6.07, 6.45) is 1.10. The monoisotopic (exact) mass is 454 g/mol. The summed E-state index contributed by atoms with van der Waals surface area (Å²) in [7, 11) is 2.01. The maximum atomic E-state index is 12.8. The van der Waals surface area contributed by atoms with Crippen LogP contribution in [0.4, 0.5) is 11.4 Å². The first-order chi connectivity index (χ1) is 16.5. The smallest absolute Gasteiger partial charge is 0.268 e. The number of ether oxygens (including phenoxy) is 1. The Labute approximate surface area is 198 Å². The fourth-order valence-corrected chi connectivity index (χ4v) is 4.32. The van der Waals surface area contributed by atoms with Crippen LogP contribution in [0.1, 0.15) is 18.3 Å². The number of carbonyl (C=O) groups excluding carboxylic acids is 2. The minimum absolute atomic E-state index is 0.0911. The van der Waals surface area contributed by atoms with Gasteiger partial charge in [0.2, 0.25) is 5.91 Å². The van der Waals surface area contributed by atoms with Gasteiger partial charge in [-0.2, -0.15) is 0 Å². The highest BCUT2D eigenvalue weighted by Crippen LogP contribution is 2.33. The van der Waals surface area contributed by atoms with Crippen LogP contribution >= 0.6 is 0 Å². The Morgan fingerprint density at radius 1 is 1.03 bits per heavy atom. The Kier molecular flexibility index (Phi) is 5.76. The minimum atomic E-state index is -0.637. The third kappa shape index (κ3) is 4.24. The number of benzene rings is 3. The predicted molar refractivity (Wildman–Crippen MR) is 132 cm³/mol. The second kappa shape index (κ2) is 9.02. The van der Waals surface area contributed by atoms with Crippen LogP contribution in [-0.4, -0.2) is 34.0 Å². The van der Waals surface area contributed by atoms with Gasteiger partial charge in [0, 0.05) is 19.2 Å². The Balaban J connectivity index is 1.30. The third-order valence-electron chi connectivity index (χ3n) is 6.11. The molecule has 34 heavy (non-hydrogen) atoms. The molecule has 0 bridgehead atoms. The zero-order valence-electron chi connectivity index (χ0n) is 19.2. The van der Waals surface area contributed by atoms with Crippen LogP contribution < -0.4 is 15.0 Å². The van der Waals surface area contributed by atoms with Crippen LogP contribution in [0.2, 0.25) is 0 Å². The molecule has 7 nitrogen and oxygen atoms in total. The SMILES string of the molecule is C[C@@H]1Oc2ccccc2N(CC(=O)Nc2ccc3c(c2)nc(CCc2ccccc2)n3C)C1=O. The third-order valence-corrected chi connectivity index (χ3v) is 6.11. The number of carbonyl (C=O) groups is 2. The number of aryl methyl sites for hydroxylation is 3. The molecule has 4 aromatic rings. The van der Waals surface area contributed by atoms with Gasteiger partial charge in [0.05, 0.1) is 16.7 Å². The number of aromatic nitrogens is 2. The maximum Gasteiger partial charge on any atom is 0.268 e. The Hall–Kier alpha value is -4.13. The summed E-state index contributed by atoms with van der Waals surface area (Å²) in [6, 6.07) is 23.3. The van der Waals surface area contributed by atoms with Gasteiger partial charge in [0.25, 0.3) is 5.91 Å². The molecule has 0 radical (unpaired) electrons. The molecule has 1 aromatic heterocycles. The fraction of sp³-hybridized carbons (Fsp3) is 0.222. The number of hydrogen-bond donors (Lipinski definition) is 1. The van der Waals surface area contributed by atoms with E-state index in [-0.39, 0.29) is 18.4 Å². The van der Waals surface area contributed by atoms with Gasteiger partial charge in [-0.15, -0.1) is 0 Å². The van der Waals surface area contributed by atoms with E-state index < -0.39 is 6.10 Å². The molecule has 172 valence electrons. The van der Waals surface area contributed by atoms with E-state index in [4.69, 9.17) is 9.72 Å². The first-order valence-electron chi connectivity index (χ1n) is 11.4. The summed E-state index contributed by atoms with van der Waals surface area (Å²) < 4.78 is 7.74. The molecule has 3 aromatic carbocycles. The van der Waals surface area contributed by atoms with Crippen molar-refractivity contribution < 1.29 is 14.3 Å². The van der Waals surface area contributed by atoms with E-state index in [1.165, 1.54) is 10.5 Å².